The molecule has 0 spiro atoms. The van der Waals surface area contributed by atoms with Crippen LogP contribution in [0.15, 0.2) is 127 Å². The summed E-state index contributed by atoms with van der Waals surface area (Å²) < 4.78 is 50.8. The van der Waals surface area contributed by atoms with Crippen LogP contribution in [0.2, 0.25) is 40.2 Å². The van der Waals surface area contributed by atoms with Gasteiger partial charge in [-0.25, -0.2) is 4.39 Å². The van der Waals surface area contributed by atoms with E-state index >= 15 is 0 Å². The highest BCUT2D eigenvalue weighted by molar-refractivity contribution is 7.99. The van der Waals surface area contributed by atoms with E-state index in [0.717, 1.165) is 23.3 Å². The van der Waals surface area contributed by atoms with Crippen LogP contribution in [0.3, 0.4) is 0 Å². The molecule has 5 heterocycles. The van der Waals surface area contributed by atoms with Crippen molar-refractivity contribution < 1.29 is 59.9 Å². The predicted octanol–water partition coefficient (Wildman–Crippen LogP) is 20.1. The maximum Gasteiger partial charge on any atom is 0.276 e. The molecule has 10 rings (SSSR count). The van der Waals surface area contributed by atoms with Gasteiger partial charge in [-0.15, -0.1) is 51.0 Å². The summed E-state index contributed by atoms with van der Waals surface area (Å²) in [6.07, 6.45) is 3.20. The number of hydrogen-bond acceptors (Lipinski definition) is 27. The number of aromatic nitrogens is 10. The van der Waals surface area contributed by atoms with Crippen LogP contribution in [-0.4, -0.2) is 123 Å². The summed E-state index contributed by atoms with van der Waals surface area (Å²) in [6.45, 7) is 9.71. The first-order valence-electron chi connectivity index (χ1n) is 29.2. The van der Waals surface area contributed by atoms with Gasteiger partial charge < -0.3 is 36.4 Å². The lowest BCUT2D eigenvalue weighted by Gasteiger charge is -2.07. The maximum atomic E-state index is 12.9. The molecule has 0 saturated heterocycles. The quantitative estimate of drug-likeness (QED) is 0.0325. The van der Waals surface area contributed by atoms with Crippen LogP contribution in [-0.2, 0) is 24.0 Å². The van der Waals surface area contributed by atoms with E-state index in [2.05, 4.69) is 51.0 Å². The number of carbonyl (C=O) groups excluding carboxylic acids is 5. The molecule has 5 aromatic carbocycles. The number of methoxy groups -OCH3 is 2. The van der Waals surface area contributed by atoms with E-state index in [1.165, 1.54) is 105 Å². The molecule has 10 aromatic rings. The molecule has 0 unspecified atom stereocenters. The zero-order chi connectivity index (χ0) is 73.0. The number of Topliss-reactive ketones (excluding diaryl/α,β-unsaturated/α-hetero) is 5. The predicted molar refractivity (Wildman–Crippen MR) is 391 cm³/mol. The number of aryl methyl sites for hydroxylation is 1. The Morgan fingerprint density at radius 2 is 0.760 bits per heavy atom. The van der Waals surface area contributed by atoms with Crippen LogP contribution in [0.25, 0.3) is 57.3 Å². The Labute approximate surface area is 634 Å². The van der Waals surface area contributed by atoms with Gasteiger partial charge in [0.2, 0.25) is 23.6 Å². The molecular weight excluding hydrogens is 1560 g/mol. The molecule has 22 nitrogen and oxygen atoms in total. The second kappa shape index (κ2) is 42.4. The molecule has 36 heteroatoms. The molecule has 0 saturated carbocycles. The van der Waals surface area contributed by atoms with Crippen molar-refractivity contribution in [3.63, 3.8) is 0 Å². The maximum absolute atomic E-state index is 12.9. The minimum atomic E-state index is -0.427. The Kier molecular flexibility index (Phi) is 35.0. The van der Waals surface area contributed by atoms with Crippen molar-refractivity contribution in [1.29, 1.82) is 0 Å². The molecule has 0 N–H and O–H groups in total. The topological polar surface area (TPSA) is 298 Å². The number of ether oxygens (including phenoxy) is 2. The molecule has 530 valence electrons. The number of nitrogens with zero attached hydrogens (tertiary/aromatic N) is 10. The molecule has 100 heavy (non-hydrogen) atoms. The Morgan fingerprint density at radius 3 is 1.17 bits per heavy atom. The fraction of sp³-hybridized carbons (Fsp3) is 0.297. The minimum absolute atomic E-state index is 0.105. The third kappa shape index (κ3) is 27.5. The van der Waals surface area contributed by atoms with Crippen LogP contribution in [0, 0.1) is 12.7 Å². The van der Waals surface area contributed by atoms with Gasteiger partial charge in [0.1, 0.15) is 40.5 Å². The molecule has 0 aliphatic rings. The Morgan fingerprint density at radius 1 is 0.390 bits per heavy atom. The van der Waals surface area contributed by atoms with Crippen LogP contribution in [0.5, 0.6) is 11.5 Å². The lowest BCUT2D eigenvalue weighted by atomic mass is 10.1. The van der Waals surface area contributed by atoms with Crippen LogP contribution in [0.4, 0.5) is 4.39 Å². The zero-order valence-corrected chi connectivity index (χ0v) is 64.2. The average molecular weight is 1620 g/mol. The first-order chi connectivity index (χ1) is 47.7. The molecule has 5 aromatic heterocycles. The first-order valence-corrected chi connectivity index (χ1v) is 37.2. The number of ketones is 5. The summed E-state index contributed by atoms with van der Waals surface area (Å²) in [4.78, 5) is 54.2. The molecule has 0 fully saturated rings. The molecule has 0 aliphatic heterocycles. The lowest BCUT2D eigenvalue weighted by Crippen LogP contribution is -1.91. The van der Waals surface area contributed by atoms with Crippen LogP contribution >= 0.6 is 152 Å². The zero-order valence-electron chi connectivity index (χ0n) is 54.1. The Balaban J connectivity index is 0.000000197. The summed E-state index contributed by atoms with van der Waals surface area (Å²) in [5.41, 5.74) is 3.97. The van der Waals surface area contributed by atoms with Gasteiger partial charge in [-0.3, -0.25) is 19.2 Å². The average Bonchev–Trinajstić information content (AvgIpc) is 1.55. The van der Waals surface area contributed by atoms with E-state index < -0.39 is 5.82 Å². The van der Waals surface area contributed by atoms with Crippen molar-refractivity contribution in [2.75, 3.05) is 43.0 Å². The SMILES string of the molecule is CC(=O)CCCSc1nnc(-c2ccc(Cl)cc2Cl)o1.CC(=O)CCSc1nnc(-c2ccc(C)cc2Cl)o1.CC(=O)CCSc1nnc(-c2ccc(F)cc2Cl)o1.COc1c(Cl)ccc(-c2nnc(SCCC(C)=O)o2)c1Cl.COc1cc(Cl)cc(Cl)c1-c1nnc(SCCC(C)=O)o1. The van der Waals surface area contributed by atoms with Gasteiger partial charge in [-0.2, -0.15) is 0 Å². The second-order valence-corrected chi connectivity index (χ2v) is 28.9. The molecule has 0 aliphatic carbocycles. The van der Waals surface area contributed by atoms with Crippen molar-refractivity contribution in [2.45, 2.75) is 106 Å². The van der Waals surface area contributed by atoms with Gasteiger partial charge in [0.15, 0.2) is 5.75 Å². The summed E-state index contributed by atoms with van der Waals surface area (Å²) in [7, 11) is 2.98. The fourth-order valence-corrected chi connectivity index (χ4v) is 13.5. The standard InChI is InChI=1S/2C13H12Cl2N2O3S.C13H12Cl2N2O2S.C13H13ClN2O2S.C12H10ClFN2O2S/c1-7(18)3-4-21-13-17-16-12(20-13)11-9(15)5-8(14)6-10(11)19-2;1-7(18)5-6-21-13-17-16-12(20-13)8-3-4-9(14)11(19-2)10(8)15;1-8(18)3-2-6-20-13-17-16-12(19-13)10-5-4-9(14)7-11(10)15;1-8-3-4-10(11(14)7-8)12-15-16-13(18-12)19-6-5-9(2)17;1-7(17)4-5-19-12-16-15-11(18-12)9-3-2-8(14)6-10(9)13/h5-6H,3-4H2,1-2H3;3-4H,5-6H2,1-2H3;4-5,7H,2-3,6H2,1H3;3-4,7H,5-6H2,1-2H3;2-3,6H,4-5H2,1H3. The third-order valence-corrected chi connectivity index (χ3v) is 18.8. The molecular formula is C64H59Cl8FN10O12S5. The van der Waals surface area contributed by atoms with E-state index in [4.69, 9.17) is 124 Å². The number of benzene rings is 5. The number of hydrogen-bond donors (Lipinski definition) is 0. The summed E-state index contributed by atoms with van der Waals surface area (Å²) in [5, 5.41) is 44.6. The normalized spacial score (nSPS) is 10.7. The van der Waals surface area contributed by atoms with Gasteiger partial charge in [0.05, 0.1) is 72.2 Å². The fourth-order valence-electron chi connectivity index (χ4n) is 7.41. The lowest BCUT2D eigenvalue weighted by molar-refractivity contribution is -0.117. The van der Waals surface area contributed by atoms with Gasteiger partial charge in [0.25, 0.3) is 32.0 Å². The van der Waals surface area contributed by atoms with Crippen molar-refractivity contribution in [3.05, 3.63) is 130 Å². The molecule has 0 atom stereocenters. The van der Waals surface area contributed by atoms with E-state index in [1.807, 2.05) is 25.1 Å². The second-order valence-electron chi connectivity index (χ2n) is 20.4. The first kappa shape index (κ1) is 82.7. The number of halogens is 9. The molecule has 0 amide bonds. The summed E-state index contributed by atoms with van der Waals surface area (Å²) in [5.74, 6) is 5.73. The van der Waals surface area contributed by atoms with E-state index in [0.29, 0.717) is 162 Å². The van der Waals surface area contributed by atoms with Gasteiger partial charge >= 0.3 is 0 Å². The highest BCUT2D eigenvalue weighted by Crippen LogP contribution is 2.42. The van der Waals surface area contributed by atoms with E-state index in [-0.39, 0.29) is 51.6 Å². The van der Waals surface area contributed by atoms with Crippen LogP contribution < -0.4 is 9.47 Å². The highest BCUT2D eigenvalue weighted by Gasteiger charge is 2.22. The molecule has 0 radical (unpaired) electrons. The smallest absolute Gasteiger partial charge is 0.276 e. The van der Waals surface area contributed by atoms with Crippen molar-refractivity contribution in [3.8, 4) is 68.8 Å². The Hall–Kier alpha value is -6.25. The number of thioether (sulfide) groups is 5. The van der Waals surface area contributed by atoms with Crippen molar-refractivity contribution in [1.82, 2.24) is 51.0 Å². The Bertz CT molecular complexity index is 4310. The number of carbonyl (C=O) groups is 5. The van der Waals surface area contributed by atoms with Crippen LogP contribution in [0.1, 0.15) is 78.7 Å². The number of rotatable bonds is 28. The monoisotopic (exact) mass is 1620 g/mol. The summed E-state index contributed by atoms with van der Waals surface area (Å²) >= 11 is 55.0. The van der Waals surface area contributed by atoms with E-state index in [1.54, 1.807) is 63.2 Å². The molecule has 0 bridgehead atoms. The highest BCUT2D eigenvalue weighted by atomic mass is 35.5. The van der Waals surface area contributed by atoms with Crippen molar-refractivity contribution >= 4 is 181 Å². The van der Waals surface area contributed by atoms with Gasteiger partial charge in [-0.1, -0.05) is 158 Å². The largest absolute Gasteiger partial charge is 0.496 e. The van der Waals surface area contributed by atoms with Crippen molar-refractivity contribution in [2.24, 2.45) is 0 Å². The van der Waals surface area contributed by atoms with E-state index in [9.17, 15) is 28.4 Å². The minimum Gasteiger partial charge on any atom is -0.496 e. The van der Waals surface area contributed by atoms with Gasteiger partial charge in [0, 0.05) is 70.9 Å². The van der Waals surface area contributed by atoms with Gasteiger partial charge in [-0.05, 0) is 126 Å². The summed E-state index contributed by atoms with van der Waals surface area (Å²) in [6, 6.07) is 21.2. The third-order valence-electron chi connectivity index (χ3n) is 12.3.